The Bertz CT molecular complexity index is 1150. The van der Waals surface area contributed by atoms with Crippen molar-refractivity contribution in [3.63, 3.8) is 0 Å². The molecule has 0 unspecified atom stereocenters. The molecule has 9 heteroatoms. The van der Waals surface area contributed by atoms with Crippen molar-refractivity contribution in [2.75, 3.05) is 19.5 Å². The second-order valence-electron chi connectivity index (χ2n) is 6.00. The van der Waals surface area contributed by atoms with Crippen LogP contribution in [0.25, 0.3) is 5.69 Å². The molecule has 0 saturated heterocycles. The van der Waals surface area contributed by atoms with Gasteiger partial charge in [-0.15, -0.1) is 0 Å². The lowest BCUT2D eigenvalue weighted by Crippen LogP contribution is -2.41. The largest absolute Gasteiger partial charge is 0.493 e. The highest BCUT2D eigenvalue weighted by Crippen LogP contribution is 2.28. The molecule has 0 radical (unpaired) electrons. The predicted molar refractivity (Wildman–Crippen MR) is 112 cm³/mol. The molecule has 0 saturated carbocycles. The molecule has 1 heterocycles. The summed E-state index contributed by atoms with van der Waals surface area (Å²) in [4.78, 5) is 37.2. The Morgan fingerprint density at radius 2 is 1.66 bits per heavy atom. The molecule has 1 N–H and O–H groups in total. The third-order valence-electron chi connectivity index (χ3n) is 4.15. The van der Waals surface area contributed by atoms with E-state index in [-0.39, 0.29) is 6.54 Å². The number of rotatable bonds is 6. The van der Waals surface area contributed by atoms with Gasteiger partial charge in [-0.1, -0.05) is 15.9 Å². The van der Waals surface area contributed by atoms with Gasteiger partial charge in [0.05, 0.1) is 19.9 Å². The highest BCUT2D eigenvalue weighted by Gasteiger charge is 2.12. The van der Waals surface area contributed by atoms with E-state index >= 15 is 0 Å². The van der Waals surface area contributed by atoms with E-state index in [9.17, 15) is 14.4 Å². The van der Waals surface area contributed by atoms with E-state index in [4.69, 9.17) is 9.47 Å². The Balaban J connectivity index is 1.84. The molecular formula is C20H18BrN3O5. The highest BCUT2D eigenvalue weighted by atomic mass is 79.9. The zero-order valence-corrected chi connectivity index (χ0v) is 17.3. The molecule has 150 valence electrons. The molecule has 3 aromatic rings. The number of anilines is 1. The molecule has 3 rings (SSSR count). The van der Waals surface area contributed by atoms with Gasteiger partial charge in [0.15, 0.2) is 11.5 Å². The first kappa shape index (κ1) is 20.4. The average molecular weight is 460 g/mol. The van der Waals surface area contributed by atoms with Gasteiger partial charge in [0.1, 0.15) is 6.54 Å². The maximum absolute atomic E-state index is 12.5. The second-order valence-corrected chi connectivity index (χ2v) is 6.92. The smallest absolute Gasteiger partial charge is 0.320 e. The highest BCUT2D eigenvalue weighted by molar-refractivity contribution is 9.10. The van der Waals surface area contributed by atoms with E-state index in [1.165, 1.54) is 31.2 Å². The van der Waals surface area contributed by atoms with Crippen LogP contribution < -0.4 is 25.9 Å². The van der Waals surface area contributed by atoms with Gasteiger partial charge in [-0.05, 0) is 36.4 Å². The summed E-state index contributed by atoms with van der Waals surface area (Å²) < 4.78 is 13.5. The van der Waals surface area contributed by atoms with E-state index < -0.39 is 17.0 Å². The van der Waals surface area contributed by atoms with Crippen molar-refractivity contribution in [3.05, 3.63) is 80.0 Å². The Labute approximate surface area is 174 Å². The van der Waals surface area contributed by atoms with Gasteiger partial charge >= 0.3 is 11.1 Å². The fourth-order valence-electron chi connectivity index (χ4n) is 2.70. The lowest BCUT2D eigenvalue weighted by Gasteiger charge is -2.12. The van der Waals surface area contributed by atoms with Gasteiger partial charge in [-0.3, -0.25) is 23.5 Å². The fourth-order valence-corrected chi connectivity index (χ4v) is 2.96. The van der Waals surface area contributed by atoms with Crippen molar-refractivity contribution in [2.45, 2.75) is 6.54 Å². The molecule has 0 aliphatic heterocycles. The van der Waals surface area contributed by atoms with E-state index in [1.807, 2.05) is 0 Å². The summed E-state index contributed by atoms with van der Waals surface area (Å²) in [5, 5.41) is 2.68. The summed E-state index contributed by atoms with van der Waals surface area (Å²) in [5.74, 6) is 0.509. The van der Waals surface area contributed by atoms with Gasteiger partial charge < -0.3 is 14.8 Å². The first-order valence-corrected chi connectivity index (χ1v) is 9.32. The number of amides is 1. The molecule has 29 heavy (non-hydrogen) atoms. The summed E-state index contributed by atoms with van der Waals surface area (Å²) in [6.07, 6.45) is 2.82. The number of nitrogens with zero attached hydrogens (tertiary/aromatic N) is 2. The van der Waals surface area contributed by atoms with Gasteiger partial charge in [-0.2, -0.15) is 0 Å². The van der Waals surface area contributed by atoms with Crippen LogP contribution in [-0.2, 0) is 11.3 Å². The second kappa shape index (κ2) is 8.78. The lowest BCUT2D eigenvalue weighted by atomic mass is 10.2. The van der Waals surface area contributed by atoms with Crippen LogP contribution >= 0.6 is 15.9 Å². The van der Waals surface area contributed by atoms with Gasteiger partial charge in [0.2, 0.25) is 5.91 Å². The minimum atomic E-state index is -0.812. The summed E-state index contributed by atoms with van der Waals surface area (Å²) in [6.45, 7) is -0.281. The molecule has 0 bridgehead atoms. The first-order chi connectivity index (χ1) is 13.9. The number of nitrogens with one attached hydrogen (secondary N) is 1. The van der Waals surface area contributed by atoms with Crippen molar-refractivity contribution in [1.29, 1.82) is 0 Å². The van der Waals surface area contributed by atoms with Crippen LogP contribution in [0.1, 0.15) is 0 Å². The maximum Gasteiger partial charge on any atom is 0.320 e. The van der Waals surface area contributed by atoms with Crippen molar-refractivity contribution in [3.8, 4) is 17.2 Å². The van der Waals surface area contributed by atoms with Crippen LogP contribution in [0, 0.1) is 0 Å². The van der Waals surface area contributed by atoms with E-state index in [2.05, 4.69) is 21.2 Å². The summed E-state index contributed by atoms with van der Waals surface area (Å²) in [7, 11) is 2.98. The van der Waals surface area contributed by atoms with Gasteiger partial charge in [-0.25, -0.2) is 0 Å². The summed E-state index contributed by atoms with van der Waals surface area (Å²) >= 11 is 3.32. The summed E-state index contributed by atoms with van der Waals surface area (Å²) in [6, 6.07) is 11.9. The number of hydrogen-bond acceptors (Lipinski definition) is 5. The number of carbonyl (C=O) groups is 1. The normalized spacial score (nSPS) is 10.4. The zero-order valence-electron chi connectivity index (χ0n) is 15.7. The minimum absolute atomic E-state index is 0.281. The fraction of sp³-hybridized carbons (Fsp3) is 0.150. The van der Waals surface area contributed by atoms with Crippen LogP contribution in [0.3, 0.4) is 0 Å². The van der Waals surface area contributed by atoms with Crippen LogP contribution in [-0.4, -0.2) is 29.3 Å². The van der Waals surface area contributed by atoms with Crippen molar-refractivity contribution in [2.24, 2.45) is 0 Å². The topological polar surface area (TPSA) is 91.6 Å². The Morgan fingerprint density at radius 1 is 0.966 bits per heavy atom. The first-order valence-electron chi connectivity index (χ1n) is 8.53. The van der Waals surface area contributed by atoms with Crippen LogP contribution in [0.4, 0.5) is 5.69 Å². The van der Waals surface area contributed by atoms with Crippen LogP contribution in [0.15, 0.2) is 68.9 Å². The molecule has 2 aromatic carbocycles. The van der Waals surface area contributed by atoms with E-state index in [0.29, 0.717) is 22.9 Å². The SMILES string of the molecule is COc1ccc(-n2ccn(CC(=O)Nc3ccc(Br)cc3)c(=O)c2=O)cc1OC. The molecular weight excluding hydrogens is 442 g/mol. The molecule has 0 spiro atoms. The number of halogens is 1. The lowest BCUT2D eigenvalue weighted by molar-refractivity contribution is -0.116. The number of aromatic nitrogens is 2. The quantitative estimate of drug-likeness (QED) is 0.571. The molecule has 0 aliphatic carbocycles. The Hall–Kier alpha value is -3.33. The van der Waals surface area contributed by atoms with Crippen molar-refractivity contribution >= 4 is 27.5 Å². The molecule has 0 aliphatic rings. The Kier molecular flexibility index (Phi) is 6.18. The van der Waals surface area contributed by atoms with Gasteiger partial charge in [0.25, 0.3) is 0 Å². The molecule has 1 aromatic heterocycles. The molecule has 8 nitrogen and oxygen atoms in total. The monoisotopic (exact) mass is 459 g/mol. The predicted octanol–water partition coefficient (Wildman–Crippen LogP) is 2.42. The van der Waals surface area contributed by atoms with Gasteiger partial charge in [0, 0.05) is 28.6 Å². The van der Waals surface area contributed by atoms with Crippen LogP contribution in [0.2, 0.25) is 0 Å². The third-order valence-corrected chi connectivity index (χ3v) is 4.67. The molecule has 0 fully saturated rings. The van der Waals surface area contributed by atoms with Crippen molar-refractivity contribution < 1.29 is 14.3 Å². The summed E-state index contributed by atoms with van der Waals surface area (Å²) in [5.41, 5.74) is -0.564. The number of carbonyl (C=O) groups excluding carboxylic acids is 1. The van der Waals surface area contributed by atoms with E-state index in [1.54, 1.807) is 42.5 Å². The third kappa shape index (κ3) is 4.57. The number of hydrogen-bond donors (Lipinski definition) is 1. The number of ether oxygens (including phenoxy) is 2. The van der Waals surface area contributed by atoms with E-state index in [0.717, 1.165) is 9.04 Å². The Morgan fingerprint density at radius 3 is 2.31 bits per heavy atom. The van der Waals surface area contributed by atoms with Crippen LogP contribution in [0.5, 0.6) is 11.5 Å². The molecule has 1 amide bonds. The zero-order chi connectivity index (χ0) is 21.0. The van der Waals surface area contributed by atoms with Crippen molar-refractivity contribution in [1.82, 2.24) is 9.13 Å². The average Bonchev–Trinajstić information content (AvgIpc) is 2.72. The maximum atomic E-state index is 12.5. The number of benzene rings is 2. The number of methoxy groups -OCH3 is 2. The minimum Gasteiger partial charge on any atom is -0.493 e. The molecule has 0 atom stereocenters. The standard InChI is InChI=1S/C20H18BrN3O5/c1-28-16-8-7-15(11-17(16)29-2)24-10-9-23(19(26)20(24)27)12-18(25)22-14-5-3-13(21)4-6-14/h3-11H,12H2,1-2H3,(H,22,25).